The molecular formula is C21H26N4O4S+2. The smallest absolute Gasteiger partial charge is 0.352 e. The van der Waals surface area contributed by atoms with Gasteiger partial charge in [0.15, 0.2) is 12.2 Å². The van der Waals surface area contributed by atoms with Crippen LogP contribution in [0.1, 0.15) is 32.5 Å². The van der Waals surface area contributed by atoms with Gasteiger partial charge >= 0.3 is 5.97 Å². The number of nitrogen functional groups attached to an aromatic ring is 1. The molecule has 9 heteroatoms. The summed E-state index contributed by atoms with van der Waals surface area (Å²) >= 11 is 1.18. The third kappa shape index (κ3) is 3.79. The average molecular weight is 431 g/mol. The maximum atomic E-state index is 12.3. The fourth-order valence-electron chi connectivity index (χ4n) is 3.37. The van der Waals surface area contributed by atoms with Gasteiger partial charge < -0.3 is 21.1 Å². The zero-order valence-electron chi connectivity index (χ0n) is 17.2. The first kappa shape index (κ1) is 21.8. The number of aryl methyl sites for hydroxylation is 2. The Hall–Kier alpha value is -2.88. The van der Waals surface area contributed by atoms with Gasteiger partial charge in [-0.05, 0) is 4.98 Å². The Labute approximate surface area is 178 Å². The molecule has 0 aliphatic rings. The van der Waals surface area contributed by atoms with Crippen LogP contribution in [0.3, 0.4) is 0 Å². The number of benzene rings is 1. The molecule has 1 unspecified atom stereocenters. The van der Waals surface area contributed by atoms with Crippen LogP contribution in [0.5, 0.6) is 0 Å². The van der Waals surface area contributed by atoms with E-state index in [9.17, 15) is 20.1 Å². The number of thiazole rings is 1. The van der Waals surface area contributed by atoms with Crippen molar-refractivity contribution in [2.24, 2.45) is 7.05 Å². The molecule has 1 atom stereocenters. The molecular weight excluding hydrogens is 404 g/mol. The summed E-state index contributed by atoms with van der Waals surface area (Å²) in [5.41, 5.74) is 5.60. The lowest BCUT2D eigenvalue weighted by molar-refractivity contribution is -0.706. The molecule has 0 aliphatic carbocycles. The summed E-state index contributed by atoms with van der Waals surface area (Å²) in [7, 11) is 1.85. The van der Waals surface area contributed by atoms with Crippen molar-refractivity contribution >= 4 is 23.1 Å². The van der Waals surface area contributed by atoms with E-state index in [1.807, 2.05) is 31.7 Å². The van der Waals surface area contributed by atoms with Gasteiger partial charge in [0.05, 0.1) is 11.9 Å². The number of nitrogens with two attached hydrogens (primary N) is 1. The number of carbonyl (C=O) groups is 1. The zero-order valence-corrected chi connectivity index (χ0v) is 18.0. The number of aliphatic hydroxyl groups is 2. The number of nitrogens with zero attached hydrogens (tertiary/aromatic N) is 3. The van der Waals surface area contributed by atoms with Crippen LogP contribution in [-0.2, 0) is 30.4 Å². The molecule has 0 saturated carbocycles. The maximum Gasteiger partial charge on any atom is 0.352 e. The minimum absolute atomic E-state index is 0.0825. The Morgan fingerprint density at radius 2 is 1.93 bits per heavy atom. The minimum Gasteiger partial charge on any atom is -0.478 e. The Morgan fingerprint density at radius 1 is 1.27 bits per heavy atom. The quantitative estimate of drug-likeness (QED) is 0.401. The number of carboxylic acids is 1. The van der Waals surface area contributed by atoms with Crippen LogP contribution in [0.15, 0.2) is 36.5 Å². The summed E-state index contributed by atoms with van der Waals surface area (Å²) in [5, 5.41) is 31.2. The standard InChI is InChI=1S/C21H24N4O4S/c1-13-17(9-10-26)30-19(21(29,20(27)28)16-7-5-4-6-8-16)25(13)12-15-11-24(3)14(2)23-18(15)22/h4-8,11,22,26,29H,9-10,12H2,1-3H3/p+2. The van der Waals surface area contributed by atoms with Crippen LogP contribution in [0.2, 0.25) is 0 Å². The van der Waals surface area contributed by atoms with E-state index in [1.54, 1.807) is 34.9 Å². The first-order valence-electron chi connectivity index (χ1n) is 9.46. The van der Waals surface area contributed by atoms with E-state index < -0.39 is 11.6 Å². The van der Waals surface area contributed by atoms with Crippen LogP contribution in [0.25, 0.3) is 0 Å². The number of hydrogen-bond acceptors (Lipinski definition) is 6. The molecule has 1 aromatic carbocycles. The minimum atomic E-state index is -2.25. The lowest BCUT2D eigenvalue weighted by Gasteiger charge is -2.20. The lowest BCUT2D eigenvalue weighted by atomic mass is 9.94. The van der Waals surface area contributed by atoms with Crippen LogP contribution in [0, 0.1) is 13.8 Å². The molecule has 30 heavy (non-hydrogen) atoms. The molecule has 8 nitrogen and oxygen atoms in total. The topological polar surface area (TPSA) is 124 Å². The number of hydrogen-bond donors (Lipinski definition) is 4. The van der Waals surface area contributed by atoms with Crippen molar-refractivity contribution in [3.63, 3.8) is 0 Å². The second kappa shape index (κ2) is 8.47. The SMILES string of the molecule is Cc1nc(N)c(C[n+]2c(C(O)(C(=O)O)c3ccccc3)sc(CCO)c2C)c[n+]1C. The third-order valence-corrected chi connectivity index (χ3v) is 6.68. The van der Waals surface area contributed by atoms with Crippen molar-refractivity contribution in [3.05, 3.63) is 69.1 Å². The number of aliphatic carboxylic acids is 1. The van der Waals surface area contributed by atoms with Crippen LogP contribution < -0.4 is 14.9 Å². The van der Waals surface area contributed by atoms with Gasteiger partial charge in [-0.25, -0.2) is 9.36 Å². The highest BCUT2D eigenvalue weighted by atomic mass is 32.1. The Kier molecular flexibility index (Phi) is 6.16. The van der Waals surface area contributed by atoms with Gasteiger partial charge in [0.1, 0.15) is 11.8 Å². The molecule has 3 rings (SSSR count). The predicted octanol–water partition coefficient (Wildman–Crippen LogP) is 0.358. The van der Waals surface area contributed by atoms with Crippen molar-refractivity contribution in [2.75, 3.05) is 12.3 Å². The highest BCUT2D eigenvalue weighted by Crippen LogP contribution is 2.34. The Balaban J connectivity index is 2.23. The van der Waals surface area contributed by atoms with Crippen LogP contribution in [0.4, 0.5) is 5.82 Å². The maximum absolute atomic E-state index is 12.3. The monoisotopic (exact) mass is 430 g/mol. The van der Waals surface area contributed by atoms with Gasteiger partial charge in [-0.1, -0.05) is 41.7 Å². The summed E-state index contributed by atoms with van der Waals surface area (Å²) in [4.78, 5) is 17.5. The first-order chi connectivity index (χ1) is 14.2. The average Bonchev–Trinajstić information content (AvgIpc) is 3.02. The molecule has 0 saturated heterocycles. The number of carboxylic acid groups (broad SMARTS) is 1. The van der Waals surface area contributed by atoms with E-state index in [4.69, 9.17) is 5.73 Å². The molecule has 0 fully saturated rings. The number of aromatic nitrogens is 3. The van der Waals surface area contributed by atoms with Gasteiger partial charge in [-0.3, -0.25) is 0 Å². The largest absolute Gasteiger partial charge is 0.478 e. The van der Waals surface area contributed by atoms with Gasteiger partial charge in [0, 0.05) is 32.4 Å². The van der Waals surface area contributed by atoms with Crippen molar-refractivity contribution in [3.8, 4) is 0 Å². The van der Waals surface area contributed by atoms with E-state index in [2.05, 4.69) is 4.98 Å². The van der Waals surface area contributed by atoms with Crippen molar-refractivity contribution in [1.29, 1.82) is 0 Å². The molecule has 5 N–H and O–H groups in total. The van der Waals surface area contributed by atoms with E-state index in [0.717, 1.165) is 16.4 Å². The van der Waals surface area contributed by atoms with Crippen LogP contribution in [-0.4, -0.2) is 32.9 Å². The normalized spacial score (nSPS) is 13.2. The highest BCUT2D eigenvalue weighted by molar-refractivity contribution is 7.11. The summed E-state index contributed by atoms with van der Waals surface area (Å²) in [6.07, 6.45) is 2.20. The Morgan fingerprint density at radius 3 is 2.53 bits per heavy atom. The van der Waals surface area contributed by atoms with Crippen LogP contribution >= 0.6 is 11.3 Å². The lowest BCUT2D eigenvalue weighted by Crippen LogP contribution is -2.50. The number of anilines is 1. The molecule has 2 aromatic heterocycles. The molecule has 158 valence electrons. The number of rotatable bonds is 7. The van der Waals surface area contributed by atoms with Crippen molar-refractivity contribution < 1.29 is 29.2 Å². The molecule has 0 bridgehead atoms. The molecule has 3 aromatic rings. The van der Waals surface area contributed by atoms with E-state index in [0.29, 0.717) is 17.8 Å². The van der Waals surface area contributed by atoms with Gasteiger partial charge in [-0.15, -0.1) is 0 Å². The summed E-state index contributed by atoms with van der Waals surface area (Å²) < 4.78 is 3.59. The first-order valence-corrected chi connectivity index (χ1v) is 10.3. The predicted molar refractivity (Wildman–Crippen MR) is 111 cm³/mol. The molecule has 0 radical (unpaired) electrons. The van der Waals surface area contributed by atoms with E-state index in [1.165, 1.54) is 11.3 Å². The third-order valence-electron chi connectivity index (χ3n) is 5.22. The molecule has 0 amide bonds. The molecule has 0 aliphatic heterocycles. The fourth-order valence-corrected chi connectivity index (χ4v) is 4.72. The highest BCUT2D eigenvalue weighted by Gasteiger charge is 2.50. The van der Waals surface area contributed by atoms with Crippen molar-refractivity contribution in [2.45, 2.75) is 32.4 Å². The van der Waals surface area contributed by atoms with Gasteiger partial charge in [-0.2, -0.15) is 4.57 Å². The summed E-state index contributed by atoms with van der Waals surface area (Å²) in [6, 6.07) is 8.30. The van der Waals surface area contributed by atoms with Crippen molar-refractivity contribution in [1.82, 2.24) is 4.98 Å². The summed E-state index contributed by atoms with van der Waals surface area (Å²) in [5.74, 6) is -0.285. The zero-order chi connectivity index (χ0) is 22.1. The van der Waals surface area contributed by atoms with E-state index >= 15 is 0 Å². The number of aliphatic hydroxyl groups excluding tert-OH is 1. The molecule has 2 heterocycles. The van der Waals surface area contributed by atoms with E-state index in [-0.39, 0.29) is 23.7 Å². The second-order valence-electron chi connectivity index (χ2n) is 7.17. The summed E-state index contributed by atoms with van der Waals surface area (Å²) in [6.45, 7) is 3.84. The van der Waals surface area contributed by atoms with Gasteiger partial charge in [0.25, 0.3) is 22.3 Å². The van der Waals surface area contributed by atoms with Gasteiger partial charge in [0.2, 0.25) is 0 Å². The Bertz CT molecular complexity index is 1080. The fraction of sp³-hybridized carbons (Fsp3) is 0.333. The second-order valence-corrected chi connectivity index (χ2v) is 8.25. The molecule has 0 spiro atoms.